The van der Waals surface area contributed by atoms with Crippen molar-refractivity contribution >= 4 is 29.4 Å². The highest BCUT2D eigenvalue weighted by Crippen LogP contribution is 2.29. The number of nitrogens with zero attached hydrogens (tertiary/aromatic N) is 5. The fourth-order valence-corrected chi connectivity index (χ4v) is 4.34. The Balaban J connectivity index is 1.84. The van der Waals surface area contributed by atoms with Crippen LogP contribution in [0.25, 0.3) is 5.69 Å². The zero-order valence-electron chi connectivity index (χ0n) is 22.5. The molecule has 0 saturated carbocycles. The molecule has 0 fully saturated rings. The van der Waals surface area contributed by atoms with Gasteiger partial charge >= 0.3 is 5.97 Å². The van der Waals surface area contributed by atoms with Gasteiger partial charge in [0.25, 0.3) is 5.91 Å². The van der Waals surface area contributed by atoms with Crippen molar-refractivity contribution in [3.63, 3.8) is 0 Å². The van der Waals surface area contributed by atoms with Crippen LogP contribution in [0.5, 0.6) is 0 Å². The van der Waals surface area contributed by atoms with E-state index in [1.54, 1.807) is 66.7 Å². The Morgan fingerprint density at radius 1 is 1.00 bits per heavy atom. The number of esters is 1. The predicted octanol–water partition coefficient (Wildman–Crippen LogP) is 4.40. The van der Waals surface area contributed by atoms with Crippen LogP contribution in [0.15, 0.2) is 79.1 Å². The second-order valence-corrected chi connectivity index (χ2v) is 10.5. The van der Waals surface area contributed by atoms with Crippen LogP contribution < -0.4 is 5.32 Å². The molecule has 206 valence electrons. The molecule has 11 heteroatoms. The summed E-state index contributed by atoms with van der Waals surface area (Å²) >= 11 is 6.50. The van der Waals surface area contributed by atoms with Gasteiger partial charge in [-0.05, 0) is 78.7 Å². The molecule has 0 spiro atoms. The third-order valence-electron chi connectivity index (χ3n) is 5.97. The third kappa shape index (κ3) is 6.70. The maximum absolute atomic E-state index is 14.3. The second-order valence-electron chi connectivity index (χ2n) is 10.1. The highest BCUT2D eigenvalue weighted by molar-refractivity contribution is 6.31. The molecule has 10 nitrogen and oxygen atoms in total. The number of nitrogens with one attached hydrogen (secondary N) is 1. The Kier molecular flexibility index (Phi) is 8.59. The van der Waals surface area contributed by atoms with Crippen LogP contribution in [0.4, 0.5) is 0 Å². The molecule has 0 unspecified atom stereocenters. The van der Waals surface area contributed by atoms with Crippen LogP contribution in [0, 0.1) is 0 Å². The fourth-order valence-electron chi connectivity index (χ4n) is 4.15. The fraction of sp³-hybridized carbons (Fsp3) is 0.241. The lowest BCUT2D eigenvalue weighted by molar-refractivity contribution is -0.127. The van der Waals surface area contributed by atoms with Gasteiger partial charge in [-0.15, -0.1) is 5.10 Å². The maximum Gasteiger partial charge on any atom is 0.337 e. The molecule has 0 aliphatic carbocycles. The van der Waals surface area contributed by atoms with Crippen LogP contribution in [0.2, 0.25) is 5.02 Å². The summed E-state index contributed by atoms with van der Waals surface area (Å²) in [5.74, 6) is -1.32. The molecule has 4 rings (SSSR count). The van der Waals surface area contributed by atoms with E-state index in [2.05, 4.69) is 20.8 Å². The standard InChI is InChI=1S/C29H29ClN6O4/c1-29(2,3)32-26(37)25(19-12-14-20(15-13-19)28(39)40-4)35(17-22-8-5-6-11-24(22)30)27(38)21-9-7-10-23(16-21)36-18-31-33-34-36/h5-16,18,25H,17H2,1-4H3,(H,32,37)/t25-/m1/s1. The van der Waals surface area contributed by atoms with Crippen molar-refractivity contribution in [2.24, 2.45) is 0 Å². The van der Waals surface area contributed by atoms with E-state index >= 15 is 0 Å². The summed E-state index contributed by atoms with van der Waals surface area (Å²) < 4.78 is 6.25. The topological polar surface area (TPSA) is 119 Å². The molecule has 4 aromatic rings. The molecule has 0 bridgehead atoms. The van der Waals surface area contributed by atoms with Gasteiger partial charge in [0.1, 0.15) is 12.4 Å². The number of carbonyl (C=O) groups is 3. The number of aromatic nitrogens is 4. The highest BCUT2D eigenvalue weighted by Gasteiger charge is 2.34. The summed E-state index contributed by atoms with van der Waals surface area (Å²) in [6.07, 6.45) is 1.42. The van der Waals surface area contributed by atoms with Gasteiger partial charge in [-0.25, -0.2) is 9.48 Å². The first-order valence-corrected chi connectivity index (χ1v) is 12.8. The molecule has 0 saturated heterocycles. The molecule has 1 heterocycles. The Morgan fingerprint density at radius 3 is 2.35 bits per heavy atom. The Bertz CT molecular complexity index is 1500. The van der Waals surface area contributed by atoms with Crippen LogP contribution in [0.1, 0.15) is 58.7 Å². The molecule has 1 aromatic heterocycles. The van der Waals surface area contributed by atoms with Crippen molar-refractivity contribution in [3.8, 4) is 5.69 Å². The Morgan fingerprint density at radius 2 is 1.73 bits per heavy atom. The van der Waals surface area contributed by atoms with Gasteiger partial charge in [-0.3, -0.25) is 9.59 Å². The molecule has 1 N–H and O–H groups in total. The van der Waals surface area contributed by atoms with E-state index in [0.29, 0.717) is 33.0 Å². The summed E-state index contributed by atoms with van der Waals surface area (Å²) in [5, 5.41) is 14.7. The summed E-state index contributed by atoms with van der Waals surface area (Å²) in [6.45, 7) is 5.61. The lowest BCUT2D eigenvalue weighted by Crippen LogP contribution is -2.49. The van der Waals surface area contributed by atoms with E-state index < -0.39 is 29.4 Å². The summed E-state index contributed by atoms with van der Waals surface area (Å²) in [5.41, 5.74) is 1.80. The van der Waals surface area contributed by atoms with Gasteiger partial charge in [-0.1, -0.05) is 48.0 Å². The SMILES string of the molecule is COC(=O)c1ccc([C@H](C(=O)NC(C)(C)C)N(Cc2ccccc2Cl)C(=O)c2cccc(-n3cnnn3)c2)cc1. The minimum Gasteiger partial charge on any atom is -0.465 e. The predicted molar refractivity (Wildman–Crippen MR) is 149 cm³/mol. The van der Waals surface area contributed by atoms with Crippen LogP contribution in [-0.4, -0.2) is 55.5 Å². The number of methoxy groups -OCH3 is 1. The van der Waals surface area contributed by atoms with Crippen LogP contribution in [0.3, 0.4) is 0 Å². The molecule has 3 aromatic carbocycles. The number of hydrogen-bond acceptors (Lipinski definition) is 7. The lowest BCUT2D eigenvalue weighted by atomic mass is 9.98. The van der Waals surface area contributed by atoms with E-state index in [1.165, 1.54) is 23.0 Å². The molecule has 0 aliphatic rings. The first-order chi connectivity index (χ1) is 19.1. The van der Waals surface area contributed by atoms with Crippen molar-refractivity contribution in [1.82, 2.24) is 30.4 Å². The second kappa shape index (κ2) is 12.1. The first-order valence-electron chi connectivity index (χ1n) is 12.5. The quantitative estimate of drug-likeness (QED) is 0.317. The number of ether oxygens (including phenoxy) is 1. The summed E-state index contributed by atoms with van der Waals surface area (Å²) in [4.78, 5) is 41.7. The minimum atomic E-state index is -1.06. The van der Waals surface area contributed by atoms with Crippen molar-refractivity contribution < 1.29 is 19.1 Å². The normalized spacial score (nSPS) is 11.9. The number of halogens is 1. The molecule has 40 heavy (non-hydrogen) atoms. The molecular formula is C29H29ClN6O4. The number of amides is 2. The van der Waals surface area contributed by atoms with Crippen molar-refractivity contribution in [2.45, 2.75) is 38.9 Å². The number of tetrazole rings is 1. The third-order valence-corrected chi connectivity index (χ3v) is 6.34. The van der Waals surface area contributed by atoms with E-state index in [0.717, 1.165) is 0 Å². The number of carbonyl (C=O) groups excluding carboxylic acids is 3. The van der Waals surface area contributed by atoms with E-state index in [4.69, 9.17) is 16.3 Å². The average Bonchev–Trinajstić information content (AvgIpc) is 3.48. The molecule has 2 amide bonds. The molecule has 0 radical (unpaired) electrons. The largest absolute Gasteiger partial charge is 0.465 e. The Labute approximate surface area is 236 Å². The number of benzene rings is 3. The lowest BCUT2D eigenvalue weighted by Gasteiger charge is -2.34. The molecular weight excluding hydrogens is 532 g/mol. The Hall–Kier alpha value is -4.57. The van der Waals surface area contributed by atoms with E-state index in [-0.39, 0.29) is 6.54 Å². The monoisotopic (exact) mass is 560 g/mol. The average molecular weight is 561 g/mol. The zero-order chi connectivity index (χ0) is 28.9. The van der Waals surface area contributed by atoms with E-state index in [1.807, 2.05) is 26.8 Å². The van der Waals surface area contributed by atoms with Crippen LogP contribution in [-0.2, 0) is 16.1 Å². The highest BCUT2D eigenvalue weighted by atomic mass is 35.5. The smallest absolute Gasteiger partial charge is 0.337 e. The molecule has 1 atom stereocenters. The first kappa shape index (κ1) is 28.4. The van der Waals surface area contributed by atoms with Crippen molar-refractivity contribution in [3.05, 3.63) is 106 Å². The van der Waals surface area contributed by atoms with Gasteiger partial charge < -0.3 is 15.0 Å². The number of hydrogen-bond donors (Lipinski definition) is 1. The van der Waals surface area contributed by atoms with Crippen molar-refractivity contribution in [1.29, 1.82) is 0 Å². The summed E-state index contributed by atoms with van der Waals surface area (Å²) in [7, 11) is 1.29. The van der Waals surface area contributed by atoms with Crippen molar-refractivity contribution in [2.75, 3.05) is 7.11 Å². The maximum atomic E-state index is 14.3. The summed E-state index contributed by atoms with van der Waals surface area (Å²) in [6, 6.07) is 19.3. The number of rotatable bonds is 8. The van der Waals surface area contributed by atoms with Gasteiger partial charge in [-0.2, -0.15) is 0 Å². The van der Waals surface area contributed by atoms with Gasteiger partial charge in [0, 0.05) is 22.7 Å². The molecule has 0 aliphatic heterocycles. The van der Waals surface area contributed by atoms with Gasteiger partial charge in [0.15, 0.2) is 0 Å². The zero-order valence-corrected chi connectivity index (χ0v) is 23.3. The van der Waals surface area contributed by atoms with E-state index in [9.17, 15) is 14.4 Å². The van der Waals surface area contributed by atoms with Gasteiger partial charge in [0.05, 0.1) is 18.4 Å². The van der Waals surface area contributed by atoms with Crippen LogP contribution >= 0.6 is 11.6 Å². The van der Waals surface area contributed by atoms with Gasteiger partial charge in [0.2, 0.25) is 5.91 Å². The minimum absolute atomic E-state index is 0.0363.